The number of hydrogen-bond acceptors (Lipinski definition) is 3. The van der Waals surface area contributed by atoms with Gasteiger partial charge in [-0.25, -0.2) is 0 Å². The van der Waals surface area contributed by atoms with Crippen molar-refractivity contribution in [2.24, 2.45) is 5.73 Å². The van der Waals surface area contributed by atoms with Gasteiger partial charge in [0.15, 0.2) is 11.5 Å². The highest BCUT2D eigenvalue weighted by Crippen LogP contribution is 2.36. The summed E-state index contributed by atoms with van der Waals surface area (Å²) in [6.07, 6.45) is 0.766. The summed E-state index contributed by atoms with van der Waals surface area (Å²) in [6.45, 7) is 2.37. The maximum atomic E-state index is 9.72. The molecule has 0 bridgehead atoms. The van der Waals surface area contributed by atoms with Crippen molar-refractivity contribution >= 4 is 23.2 Å². The minimum atomic E-state index is -0.0742. The van der Waals surface area contributed by atoms with E-state index in [1.54, 1.807) is 13.0 Å². The van der Waals surface area contributed by atoms with Gasteiger partial charge in [-0.15, -0.1) is 12.4 Å². The van der Waals surface area contributed by atoms with E-state index in [0.29, 0.717) is 12.1 Å². The summed E-state index contributed by atoms with van der Waals surface area (Å²) in [7, 11) is 0. The summed E-state index contributed by atoms with van der Waals surface area (Å²) < 4.78 is 0. The molecular formula is C13H16ClNO2. The summed E-state index contributed by atoms with van der Waals surface area (Å²) in [5.41, 5.74) is 7.37. The van der Waals surface area contributed by atoms with Crippen LogP contribution in [-0.4, -0.2) is 16.8 Å². The molecule has 0 fully saturated rings. The summed E-state index contributed by atoms with van der Waals surface area (Å²) in [6, 6.07) is 7.43. The molecule has 0 amide bonds. The predicted molar refractivity (Wildman–Crippen MR) is 72.0 cm³/mol. The molecule has 0 saturated carbocycles. The van der Waals surface area contributed by atoms with E-state index in [-0.39, 0.29) is 23.9 Å². The number of benzene rings is 2. The number of phenolic OH excluding ortho intramolecular Hbond substituents is 2. The first-order chi connectivity index (χ1) is 7.65. The third-order valence-electron chi connectivity index (χ3n) is 2.86. The second kappa shape index (κ2) is 5.25. The second-order valence-electron chi connectivity index (χ2n) is 3.92. The number of phenols is 2. The molecule has 0 aliphatic carbocycles. The lowest BCUT2D eigenvalue weighted by atomic mass is 9.97. The second-order valence-corrected chi connectivity index (χ2v) is 3.92. The Morgan fingerprint density at radius 2 is 1.94 bits per heavy atom. The van der Waals surface area contributed by atoms with Crippen LogP contribution in [-0.2, 0) is 6.42 Å². The summed E-state index contributed by atoms with van der Waals surface area (Å²) >= 11 is 0. The van der Waals surface area contributed by atoms with Gasteiger partial charge in [0.1, 0.15) is 0 Å². The summed E-state index contributed by atoms with van der Waals surface area (Å²) in [4.78, 5) is 0. The molecule has 2 aromatic carbocycles. The molecule has 2 aromatic rings. The lowest BCUT2D eigenvalue weighted by molar-refractivity contribution is 0.402. The maximum absolute atomic E-state index is 9.72. The van der Waals surface area contributed by atoms with Gasteiger partial charge in [0.05, 0.1) is 0 Å². The highest BCUT2D eigenvalue weighted by atomic mass is 35.5. The normalized spacial score (nSPS) is 10.2. The van der Waals surface area contributed by atoms with E-state index in [1.165, 1.54) is 0 Å². The van der Waals surface area contributed by atoms with Crippen molar-refractivity contribution < 1.29 is 10.2 Å². The molecule has 0 aromatic heterocycles. The number of halogens is 1. The average molecular weight is 254 g/mol. The lowest BCUT2D eigenvalue weighted by Crippen LogP contribution is -2.03. The SMILES string of the molecule is Cc1c(O)c(O)cc2cccc(CCN)c12.Cl. The fraction of sp³-hybridized carbons (Fsp3) is 0.231. The average Bonchev–Trinajstić information content (AvgIpc) is 2.26. The molecule has 17 heavy (non-hydrogen) atoms. The van der Waals surface area contributed by atoms with Crippen molar-refractivity contribution in [2.75, 3.05) is 6.54 Å². The van der Waals surface area contributed by atoms with Crippen molar-refractivity contribution in [3.63, 3.8) is 0 Å². The summed E-state index contributed by atoms with van der Waals surface area (Å²) in [5.74, 6) is -0.119. The van der Waals surface area contributed by atoms with Crippen LogP contribution in [0.5, 0.6) is 11.5 Å². The zero-order valence-electron chi connectivity index (χ0n) is 9.60. The Hall–Kier alpha value is -1.45. The molecule has 92 valence electrons. The van der Waals surface area contributed by atoms with Gasteiger partial charge in [0, 0.05) is 5.56 Å². The first-order valence-corrected chi connectivity index (χ1v) is 5.28. The van der Waals surface area contributed by atoms with Crippen LogP contribution < -0.4 is 5.73 Å². The standard InChI is InChI=1S/C13H15NO2.ClH/c1-8-12-9(5-6-14)3-2-4-10(12)7-11(15)13(8)16;/h2-4,7,15-16H,5-6,14H2,1H3;1H. The van der Waals surface area contributed by atoms with E-state index in [4.69, 9.17) is 5.73 Å². The van der Waals surface area contributed by atoms with E-state index < -0.39 is 0 Å². The number of rotatable bonds is 2. The van der Waals surface area contributed by atoms with E-state index in [1.807, 2.05) is 18.2 Å². The van der Waals surface area contributed by atoms with Crippen molar-refractivity contribution in [3.8, 4) is 11.5 Å². The molecule has 0 atom stereocenters. The maximum Gasteiger partial charge on any atom is 0.161 e. The molecule has 0 unspecified atom stereocenters. The van der Waals surface area contributed by atoms with Crippen molar-refractivity contribution in [1.29, 1.82) is 0 Å². The third-order valence-corrected chi connectivity index (χ3v) is 2.86. The fourth-order valence-electron chi connectivity index (χ4n) is 2.09. The topological polar surface area (TPSA) is 66.5 Å². The molecule has 4 heteroatoms. The quantitative estimate of drug-likeness (QED) is 0.721. The predicted octanol–water partition coefficient (Wildman–Crippen LogP) is 2.48. The van der Waals surface area contributed by atoms with Gasteiger partial charge >= 0.3 is 0 Å². The molecule has 0 saturated heterocycles. The van der Waals surface area contributed by atoms with Gasteiger partial charge in [-0.2, -0.15) is 0 Å². The molecule has 0 spiro atoms. The van der Waals surface area contributed by atoms with Crippen molar-refractivity contribution in [2.45, 2.75) is 13.3 Å². The molecule has 0 radical (unpaired) electrons. The van der Waals surface area contributed by atoms with E-state index in [9.17, 15) is 10.2 Å². The van der Waals surface area contributed by atoms with Crippen LogP contribution in [0.2, 0.25) is 0 Å². The molecule has 0 aliphatic rings. The molecule has 4 N–H and O–H groups in total. The first-order valence-electron chi connectivity index (χ1n) is 5.28. The highest BCUT2D eigenvalue weighted by molar-refractivity contribution is 5.92. The molecule has 0 aliphatic heterocycles. The number of nitrogens with two attached hydrogens (primary N) is 1. The van der Waals surface area contributed by atoms with Crippen LogP contribution in [0.15, 0.2) is 24.3 Å². The van der Waals surface area contributed by atoms with E-state index >= 15 is 0 Å². The van der Waals surface area contributed by atoms with Gasteiger partial charge < -0.3 is 15.9 Å². The minimum Gasteiger partial charge on any atom is -0.504 e. The van der Waals surface area contributed by atoms with Crippen LogP contribution in [0.25, 0.3) is 10.8 Å². The number of fused-ring (bicyclic) bond motifs is 1. The number of aryl methyl sites for hydroxylation is 1. The van der Waals surface area contributed by atoms with Gasteiger partial charge in [0.25, 0.3) is 0 Å². The van der Waals surface area contributed by atoms with Gasteiger partial charge in [-0.3, -0.25) is 0 Å². The van der Waals surface area contributed by atoms with Crippen LogP contribution in [0, 0.1) is 6.92 Å². The highest BCUT2D eigenvalue weighted by Gasteiger charge is 2.10. The van der Waals surface area contributed by atoms with Gasteiger partial charge in [0.2, 0.25) is 0 Å². The monoisotopic (exact) mass is 253 g/mol. The Labute approximate surface area is 106 Å². The zero-order valence-corrected chi connectivity index (χ0v) is 10.4. The molecule has 3 nitrogen and oxygen atoms in total. The van der Waals surface area contributed by atoms with Crippen LogP contribution >= 0.6 is 12.4 Å². The number of hydrogen-bond donors (Lipinski definition) is 3. The van der Waals surface area contributed by atoms with Crippen LogP contribution in [0.1, 0.15) is 11.1 Å². The first kappa shape index (κ1) is 13.6. The van der Waals surface area contributed by atoms with Gasteiger partial charge in [-0.1, -0.05) is 18.2 Å². The van der Waals surface area contributed by atoms with Crippen LogP contribution in [0.4, 0.5) is 0 Å². The fourth-order valence-corrected chi connectivity index (χ4v) is 2.09. The minimum absolute atomic E-state index is 0. The molecule has 0 heterocycles. The lowest BCUT2D eigenvalue weighted by Gasteiger charge is -2.11. The summed E-state index contributed by atoms with van der Waals surface area (Å²) in [5, 5.41) is 21.2. The molecular weight excluding hydrogens is 238 g/mol. The van der Waals surface area contributed by atoms with Gasteiger partial charge in [-0.05, 0) is 42.3 Å². The molecule has 2 rings (SSSR count). The Morgan fingerprint density at radius 1 is 1.24 bits per heavy atom. The Balaban J connectivity index is 0.00000144. The van der Waals surface area contributed by atoms with E-state index in [2.05, 4.69) is 0 Å². The smallest absolute Gasteiger partial charge is 0.161 e. The third kappa shape index (κ3) is 2.30. The van der Waals surface area contributed by atoms with E-state index in [0.717, 1.165) is 22.8 Å². The Kier molecular flexibility index (Phi) is 4.21. The Morgan fingerprint density at radius 3 is 2.59 bits per heavy atom. The van der Waals surface area contributed by atoms with Crippen molar-refractivity contribution in [3.05, 3.63) is 35.4 Å². The van der Waals surface area contributed by atoms with Crippen LogP contribution in [0.3, 0.4) is 0 Å². The Bertz CT molecular complexity index is 540. The largest absolute Gasteiger partial charge is 0.504 e. The zero-order chi connectivity index (χ0) is 11.7. The number of aromatic hydroxyl groups is 2. The van der Waals surface area contributed by atoms with Crippen molar-refractivity contribution in [1.82, 2.24) is 0 Å².